The third-order valence-corrected chi connectivity index (χ3v) is 6.10. The summed E-state index contributed by atoms with van der Waals surface area (Å²) < 4.78 is 68.1. The van der Waals surface area contributed by atoms with Crippen LogP contribution < -0.4 is 18.9 Å². The lowest BCUT2D eigenvalue weighted by molar-refractivity contribution is -0.287. The molecule has 0 radical (unpaired) electrons. The number of rotatable bonds is 3. The topological polar surface area (TPSA) is 74.2 Å². The van der Waals surface area contributed by atoms with E-state index < -0.39 is 28.8 Å². The summed E-state index contributed by atoms with van der Waals surface area (Å²) in [5, 5.41) is 9.31. The highest BCUT2D eigenvalue weighted by Crippen LogP contribution is 2.53. The fraction of sp³-hybridized carbons (Fsp3) is 0.381. The van der Waals surface area contributed by atoms with Crippen LogP contribution in [-0.2, 0) is 15.8 Å². The molecule has 0 atom stereocenters. The predicted octanol–water partition coefficient (Wildman–Crippen LogP) is 4.79. The van der Waals surface area contributed by atoms with Crippen molar-refractivity contribution in [3.63, 3.8) is 0 Å². The number of hydrogen-bond donors (Lipinski definition) is 1. The van der Waals surface area contributed by atoms with Gasteiger partial charge in [-0.05, 0) is 72.7 Å². The van der Waals surface area contributed by atoms with Crippen LogP contribution in [0.2, 0.25) is 0 Å². The van der Waals surface area contributed by atoms with E-state index in [1.165, 1.54) is 24.3 Å². The minimum atomic E-state index is -3.64. The molecule has 2 aromatic carbocycles. The van der Waals surface area contributed by atoms with Gasteiger partial charge in [-0.15, -0.1) is 17.6 Å². The molecule has 0 amide bonds. The van der Waals surface area contributed by atoms with E-state index in [1.807, 2.05) is 0 Å². The summed E-state index contributed by atoms with van der Waals surface area (Å²) in [7, 11) is 0. The van der Waals surface area contributed by atoms with Gasteiger partial charge in [-0.25, -0.2) is 0 Å². The van der Waals surface area contributed by atoms with Gasteiger partial charge >= 0.3 is 12.6 Å². The van der Waals surface area contributed by atoms with Crippen LogP contribution in [0.1, 0.15) is 36.8 Å². The van der Waals surface area contributed by atoms with Gasteiger partial charge in [0.05, 0.1) is 11.0 Å². The molecule has 2 aliphatic heterocycles. The third-order valence-electron chi connectivity index (χ3n) is 5.74. The van der Waals surface area contributed by atoms with Crippen molar-refractivity contribution in [2.45, 2.75) is 49.3 Å². The maximum absolute atomic E-state index is 12.8. The summed E-state index contributed by atoms with van der Waals surface area (Å²) in [6, 6.07) is 8.70. The van der Waals surface area contributed by atoms with Gasteiger partial charge in [0, 0.05) is 0 Å². The molecular weight excluding hydrogens is 460 g/mol. The van der Waals surface area contributed by atoms with Crippen LogP contribution in [0.4, 0.5) is 17.6 Å². The van der Waals surface area contributed by atoms with Gasteiger partial charge in [-0.2, -0.15) is 0 Å². The first-order valence-electron chi connectivity index (χ1n) is 9.65. The van der Waals surface area contributed by atoms with E-state index in [0.29, 0.717) is 36.8 Å². The van der Waals surface area contributed by atoms with Crippen molar-refractivity contribution in [3.05, 3.63) is 47.5 Å². The molecule has 32 heavy (non-hydrogen) atoms. The van der Waals surface area contributed by atoms with Gasteiger partial charge in [0.25, 0.3) is 0 Å². The van der Waals surface area contributed by atoms with E-state index in [0.717, 1.165) is 0 Å². The molecule has 1 N–H and O–H groups in total. The molecule has 0 bridgehead atoms. The Morgan fingerprint density at radius 1 is 0.750 bits per heavy atom. The molecule has 6 rings (SSSR count). The standard InChI is InChI=1S/C11H7ClF2O3.C10H8F2O3/c12-9(15)10(3-4-10)6-1-2-7-8(5-6)17-11(13,14)16-7;11-10(12)14-7-2-1-6(5-8(7)15-10)9(13)3-4-9/h1-2,5H,3-4H2;1-2,5,13H,3-4H2. The average Bonchev–Trinajstić information content (AvgIpc) is 3.59. The number of hydrogen-bond acceptors (Lipinski definition) is 6. The predicted molar refractivity (Wildman–Crippen MR) is 100 cm³/mol. The van der Waals surface area contributed by atoms with Crippen LogP contribution in [0.15, 0.2) is 36.4 Å². The van der Waals surface area contributed by atoms with Crippen LogP contribution in [0, 0.1) is 0 Å². The number of halogens is 5. The fourth-order valence-electron chi connectivity index (χ4n) is 3.62. The first-order chi connectivity index (χ1) is 14.9. The number of carbonyl (C=O) groups excluding carboxylic acids is 1. The molecule has 4 aliphatic rings. The maximum Gasteiger partial charge on any atom is 0.586 e. The first kappa shape index (κ1) is 21.1. The smallest absolute Gasteiger partial charge is 0.395 e. The quantitative estimate of drug-likeness (QED) is 0.509. The second-order valence-corrected chi connectivity index (χ2v) is 8.39. The van der Waals surface area contributed by atoms with Gasteiger partial charge in [0.2, 0.25) is 5.24 Å². The van der Waals surface area contributed by atoms with E-state index in [2.05, 4.69) is 18.9 Å². The average molecular weight is 475 g/mol. The van der Waals surface area contributed by atoms with Crippen molar-refractivity contribution in [2.75, 3.05) is 0 Å². The van der Waals surface area contributed by atoms with Crippen molar-refractivity contribution < 1.29 is 46.4 Å². The lowest BCUT2D eigenvalue weighted by Crippen LogP contribution is -2.26. The summed E-state index contributed by atoms with van der Waals surface area (Å²) in [5.74, 6) is -0.0981. The summed E-state index contributed by atoms with van der Waals surface area (Å²) >= 11 is 5.51. The van der Waals surface area contributed by atoms with Crippen LogP contribution in [-0.4, -0.2) is 22.9 Å². The van der Waals surface area contributed by atoms with Crippen molar-refractivity contribution in [1.82, 2.24) is 0 Å². The molecule has 2 aliphatic carbocycles. The minimum absolute atomic E-state index is 0.00741. The Morgan fingerprint density at radius 3 is 1.62 bits per heavy atom. The van der Waals surface area contributed by atoms with Gasteiger partial charge in [0.1, 0.15) is 0 Å². The molecular formula is C21H15ClF4O6. The molecule has 0 spiro atoms. The molecule has 2 heterocycles. The van der Waals surface area contributed by atoms with E-state index in [1.54, 1.807) is 12.1 Å². The summed E-state index contributed by atoms with van der Waals surface area (Å²) in [5.41, 5.74) is -0.381. The van der Waals surface area contributed by atoms with Gasteiger partial charge in [-0.1, -0.05) is 12.1 Å². The van der Waals surface area contributed by atoms with Gasteiger partial charge in [-0.3, -0.25) is 4.79 Å². The molecule has 6 nitrogen and oxygen atoms in total. The van der Waals surface area contributed by atoms with Crippen molar-refractivity contribution in [3.8, 4) is 23.0 Å². The monoisotopic (exact) mass is 474 g/mol. The molecule has 2 aromatic rings. The lowest BCUT2D eigenvalue weighted by Gasteiger charge is -2.10. The molecule has 2 fully saturated rings. The van der Waals surface area contributed by atoms with Crippen LogP contribution >= 0.6 is 11.6 Å². The molecule has 2 saturated carbocycles. The normalized spacial score (nSPS) is 23.1. The zero-order chi connectivity index (χ0) is 22.9. The first-order valence-corrected chi connectivity index (χ1v) is 10.0. The Labute approximate surface area is 183 Å². The highest BCUT2D eigenvalue weighted by Gasteiger charge is 2.52. The summed E-state index contributed by atoms with van der Waals surface area (Å²) in [6.07, 6.45) is -4.65. The van der Waals surface area contributed by atoms with E-state index in [4.69, 9.17) is 11.6 Å². The summed E-state index contributed by atoms with van der Waals surface area (Å²) in [4.78, 5) is 11.3. The van der Waals surface area contributed by atoms with Gasteiger partial charge < -0.3 is 24.1 Å². The van der Waals surface area contributed by atoms with Crippen molar-refractivity contribution >= 4 is 16.8 Å². The second-order valence-electron chi connectivity index (χ2n) is 8.05. The maximum atomic E-state index is 12.8. The Bertz CT molecular complexity index is 1110. The fourth-order valence-corrected chi connectivity index (χ4v) is 3.91. The van der Waals surface area contributed by atoms with Crippen LogP contribution in [0.5, 0.6) is 23.0 Å². The molecule has 0 saturated heterocycles. The van der Waals surface area contributed by atoms with Gasteiger partial charge in [0.15, 0.2) is 23.0 Å². The number of aliphatic hydroxyl groups is 1. The molecule has 11 heteroatoms. The minimum Gasteiger partial charge on any atom is -0.395 e. The van der Waals surface area contributed by atoms with Crippen molar-refractivity contribution in [1.29, 1.82) is 0 Å². The number of ether oxygens (including phenoxy) is 4. The van der Waals surface area contributed by atoms with Crippen LogP contribution in [0.25, 0.3) is 0 Å². The summed E-state index contributed by atoms with van der Waals surface area (Å²) in [6.45, 7) is 0. The number of benzene rings is 2. The number of fused-ring (bicyclic) bond motifs is 2. The second kappa shape index (κ2) is 6.64. The number of carbonyl (C=O) groups is 1. The zero-order valence-electron chi connectivity index (χ0n) is 16.2. The van der Waals surface area contributed by atoms with E-state index in [-0.39, 0.29) is 23.0 Å². The highest BCUT2D eigenvalue weighted by molar-refractivity contribution is 6.66. The highest BCUT2D eigenvalue weighted by atomic mass is 35.5. The lowest BCUT2D eigenvalue weighted by atomic mass is 9.97. The Balaban J connectivity index is 0.000000136. The number of alkyl halides is 4. The molecule has 0 unspecified atom stereocenters. The zero-order valence-corrected chi connectivity index (χ0v) is 16.9. The Kier molecular flexibility index (Phi) is 4.39. The van der Waals surface area contributed by atoms with Crippen LogP contribution in [0.3, 0.4) is 0 Å². The Hall–Kier alpha value is -2.72. The Morgan fingerprint density at radius 2 is 1.19 bits per heavy atom. The third kappa shape index (κ3) is 3.71. The van der Waals surface area contributed by atoms with E-state index in [9.17, 15) is 27.5 Å². The largest absolute Gasteiger partial charge is 0.586 e. The molecule has 0 aromatic heterocycles. The van der Waals surface area contributed by atoms with E-state index >= 15 is 0 Å². The molecule has 170 valence electrons. The SMILES string of the molecule is O=C(Cl)C1(c2ccc3c(c2)OC(F)(F)O3)CC1.OC1(c2ccc3c(c2)OC(F)(F)O3)CC1. The van der Waals surface area contributed by atoms with Crippen molar-refractivity contribution in [2.24, 2.45) is 0 Å².